The molecule has 8 heteroatoms. The molecule has 1 aromatic carbocycles. The predicted molar refractivity (Wildman–Crippen MR) is 115 cm³/mol. The van der Waals surface area contributed by atoms with E-state index < -0.39 is 5.92 Å². The zero-order chi connectivity index (χ0) is 22.0. The lowest BCUT2D eigenvalue weighted by Gasteiger charge is -2.13. The van der Waals surface area contributed by atoms with E-state index >= 15 is 0 Å². The molecular formula is C23H23FN4O3. The number of allylic oxidation sites excluding steroid dienone is 4. The van der Waals surface area contributed by atoms with E-state index in [2.05, 4.69) is 15.4 Å². The van der Waals surface area contributed by atoms with Gasteiger partial charge in [0, 0.05) is 24.2 Å². The van der Waals surface area contributed by atoms with Gasteiger partial charge in [0.25, 0.3) is 5.56 Å². The molecule has 4 rings (SSSR count). The Morgan fingerprint density at radius 2 is 2.03 bits per heavy atom. The largest absolute Gasteiger partial charge is 0.497 e. The number of nitrogens with one attached hydrogen (secondary N) is 1. The minimum absolute atomic E-state index is 0.144. The Kier molecular flexibility index (Phi) is 5.79. The molecule has 0 bridgehead atoms. The molecular weight excluding hydrogens is 399 g/mol. The number of hydrogen-bond acceptors (Lipinski definition) is 5. The molecule has 2 heterocycles. The average Bonchev–Trinajstić information content (AvgIpc) is 3.14. The lowest BCUT2D eigenvalue weighted by molar-refractivity contribution is -0.121. The number of aromatic nitrogens is 2. The van der Waals surface area contributed by atoms with Crippen LogP contribution in [0.25, 0.3) is 0 Å². The van der Waals surface area contributed by atoms with Gasteiger partial charge in [-0.15, -0.1) is 0 Å². The number of benzene rings is 1. The Morgan fingerprint density at radius 1 is 1.26 bits per heavy atom. The van der Waals surface area contributed by atoms with E-state index in [1.807, 2.05) is 24.3 Å². The van der Waals surface area contributed by atoms with E-state index in [4.69, 9.17) is 4.74 Å². The molecule has 1 N–H and O–H groups in total. The van der Waals surface area contributed by atoms with Crippen molar-refractivity contribution in [2.75, 3.05) is 13.7 Å². The first-order valence-corrected chi connectivity index (χ1v) is 10.1. The molecule has 0 saturated heterocycles. The number of methoxy groups -OCH3 is 1. The van der Waals surface area contributed by atoms with Crippen LogP contribution in [0.4, 0.5) is 4.39 Å². The fraction of sp³-hybridized carbons (Fsp3) is 0.304. The number of halogens is 1. The van der Waals surface area contributed by atoms with Crippen molar-refractivity contribution in [2.45, 2.75) is 32.1 Å². The van der Waals surface area contributed by atoms with Gasteiger partial charge in [0.15, 0.2) is 0 Å². The Hall–Kier alpha value is -3.55. The highest BCUT2D eigenvalue weighted by molar-refractivity contribution is 6.04. The van der Waals surface area contributed by atoms with Crippen molar-refractivity contribution in [2.24, 2.45) is 5.10 Å². The van der Waals surface area contributed by atoms with Gasteiger partial charge in [0.2, 0.25) is 5.91 Å². The summed E-state index contributed by atoms with van der Waals surface area (Å²) in [4.78, 5) is 29.6. The van der Waals surface area contributed by atoms with E-state index in [0.29, 0.717) is 29.9 Å². The highest BCUT2D eigenvalue weighted by Crippen LogP contribution is 2.33. The molecule has 7 nitrogen and oxygen atoms in total. The summed E-state index contributed by atoms with van der Waals surface area (Å²) in [6, 6.07) is 7.67. The molecule has 2 aromatic rings. The molecule has 31 heavy (non-hydrogen) atoms. The normalized spacial score (nSPS) is 16.3. The zero-order valence-electron chi connectivity index (χ0n) is 17.4. The topological polar surface area (TPSA) is 85.6 Å². The van der Waals surface area contributed by atoms with Crippen molar-refractivity contribution in [3.63, 3.8) is 0 Å². The first kappa shape index (κ1) is 20.7. The molecule has 0 spiro atoms. The second-order valence-corrected chi connectivity index (χ2v) is 7.47. The summed E-state index contributed by atoms with van der Waals surface area (Å²) in [6.45, 7) is 2.20. The van der Waals surface area contributed by atoms with Gasteiger partial charge in [-0.25, -0.2) is 9.37 Å². The van der Waals surface area contributed by atoms with Gasteiger partial charge in [-0.05, 0) is 49.6 Å². The van der Waals surface area contributed by atoms with Crippen molar-refractivity contribution in [1.29, 1.82) is 0 Å². The maximum atomic E-state index is 14.2. The average molecular weight is 422 g/mol. The Morgan fingerprint density at radius 3 is 2.77 bits per heavy atom. The first-order chi connectivity index (χ1) is 15.0. The van der Waals surface area contributed by atoms with Crippen LogP contribution in [0.5, 0.6) is 5.75 Å². The summed E-state index contributed by atoms with van der Waals surface area (Å²) < 4.78 is 20.5. The number of aryl methyl sites for hydroxylation is 1. The maximum absolute atomic E-state index is 14.2. The van der Waals surface area contributed by atoms with Crippen molar-refractivity contribution >= 4 is 11.6 Å². The lowest BCUT2D eigenvalue weighted by Crippen LogP contribution is -2.29. The van der Waals surface area contributed by atoms with Crippen molar-refractivity contribution in [3.05, 3.63) is 81.3 Å². The summed E-state index contributed by atoms with van der Waals surface area (Å²) in [5.41, 5.74) is 2.12. The predicted octanol–water partition coefficient (Wildman–Crippen LogP) is 2.58. The van der Waals surface area contributed by atoms with Gasteiger partial charge < -0.3 is 10.1 Å². The SMILES string of the molecule is COc1ccc(CCNC(=O)CCc2c(C)nc3n(c2=O)N=C2C=CC=C(F)C23)cc1. The summed E-state index contributed by atoms with van der Waals surface area (Å²) in [7, 11) is 1.62. The monoisotopic (exact) mass is 422 g/mol. The Bertz CT molecular complexity index is 1160. The molecule has 1 aliphatic carbocycles. The fourth-order valence-corrected chi connectivity index (χ4v) is 3.74. The molecule has 1 aliphatic heterocycles. The van der Waals surface area contributed by atoms with Gasteiger partial charge in [0.1, 0.15) is 23.3 Å². The maximum Gasteiger partial charge on any atom is 0.277 e. The molecule has 1 unspecified atom stereocenters. The van der Waals surface area contributed by atoms with Crippen LogP contribution < -0.4 is 15.6 Å². The summed E-state index contributed by atoms with van der Waals surface area (Å²) in [5, 5.41) is 7.10. The van der Waals surface area contributed by atoms with Crippen LogP contribution in [0.1, 0.15) is 35.0 Å². The van der Waals surface area contributed by atoms with Crippen LogP contribution in [0.3, 0.4) is 0 Å². The number of hydrogen-bond donors (Lipinski definition) is 1. The summed E-state index contributed by atoms with van der Waals surface area (Å²) >= 11 is 0. The Labute approximate surface area is 179 Å². The molecule has 2 aliphatic rings. The molecule has 160 valence electrons. The van der Waals surface area contributed by atoms with Gasteiger partial charge in [-0.1, -0.05) is 18.2 Å². The molecule has 1 aromatic heterocycles. The van der Waals surface area contributed by atoms with E-state index in [1.54, 1.807) is 26.2 Å². The number of amides is 1. The van der Waals surface area contributed by atoms with Crippen molar-refractivity contribution in [3.8, 4) is 5.75 Å². The highest BCUT2D eigenvalue weighted by Gasteiger charge is 2.34. The van der Waals surface area contributed by atoms with Crippen LogP contribution in [0, 0.1) is 6.92 Å². The smallest absolute Gasteiger partial charge is 0.277 e. The quantitative estimate of drug-likeness (QED) is 0.743. The molecule has 0 fully saturated rings. The second kappa shape index (κ2) is 8.67. The molecule has 0 saturated carbocycles. The fourth-order valence-electron chi connectivity index (χ4n) is 3.74. The van der Waals surface area contributed by atoms with E-state index in [0.717, 1.165) is 16.0 Å². The number of fused-ring (bicyclic) bond motifs is 3. The van der Waals surface area contributed by atoms with E-state index in [9.17, 15) is 14.0 Å². The first-order valence-electron chi connectivity index (χ1n) is 10.1. The number of carbonyl (C=O) groups is 1. The van der Waals surface area contributed by atoms with Gasteiger partial charge in [0.05, 0.1) is 12.8 Å². The van der Waals surface area contributed by atoms with E-state index in [-0.39, 0.29) is 36.0 Å². The van der Waals surface area contributed by atoms with Gasteiger partial charge >= 0.3 is 0 Å². The third-order valence-electron chi connectivity index (χ3n) is 5.45. The van der Waals surface area contributed by atoms with Gasteiger partial charge in [-0.2, -0.15) is 9.78 Å². The van der Waals surface area contributed by atoms with Crippen LogP contribution >= 0.6 is 0 Å². The van der Waals surface area contributed by atoms with Crippen LogP contribution in [0.15, 0.2) is 58.2 Å². The number of rotatable bonds is 7. The highest BCUT2D eigenvalue weighted by atomic mass is 19.1. The molecule has 1 atom stereocenters. The minimum atomic E-state index is -0.730. The summed E-state index contributed by atoms with van der Waals surface area (Å²) in [5.74, 6) is -0.191. The van der Waals surface area contributed by atoms with Crippen LogP contribution in [-0.4, -0.2) is 34.9 Å². The third-order valence-corrected chi connectivity index (χ3v) is 5.45. The van der Waals surface area contributed by atoms with Crippen LogP contribution in [-0.2, 0) is 17.6 Å². The van der Waals surface area contributed by atoms with Crippen molar-refractivity contribution in [1.82, 2.24) is 15.0 Å². The zero-order valence-corrected chi connectivity index (χ0v) is 17.4. The standard InChI is InChI=1S/C23H23FN4O3/c1-14-17(10-11-20(29)25-13-12-15-6-8-16(31-2)9-7-15)23(30)28-22(26-14)21-18(24)4-3-5-19(21)27-28/h3-9,21H,10-13H2,1-2H3,(H,25,29). The summed E-state index contributed by atoms with van der Waals surface area (Å²) in [6.07, 6.45) is 5.69. The number of carbonyl (C=O) groups excluding carboxylic acids is 1. The number of nitrogens with zero attached hydrogens (tertiary/aromatic N) is 3. The van der Waals surface area contributed by atoms with Gasteiger partial charge in [-0.3, -0.25) is 9.59 Å². The van der Waals surface area contributed by atoms with Crippen LogP contribution in [0.2, 0.25) is 0 Å². The molecule has 1 amide bonds. The second-order valence-electron chi connectivity index (χ2n) is 7.47. The third kappa shape index (κ3) is 4.19. The minimum Gasteiger partial charge on any atom is -0.497 e. The Balaban J connectivity index is 1.37. The lowest BCUT2D eigenvalue weighted by atomic mass is 9.97. The van der Waals surface area contributed by atoms with Crippen molar-refractivity contribution < 1.29 is 13.9 Å². The van der Waals surface area contributed by atoms with E-state index in [1.165, 1.54) is 6.08 Å². The molecule has 0 radical (unpaired) electrons. The number of ether oxygens (including phenoxy) is 1.